The first kappa shape index (κ1) is 17.5. The van der Waals surface area contributed by atoms with Crippen LogP contribution in [-0.2, 0) is 21.0 Å². The second-order valence-electron chi connectivity index (χ2n) is 5.38. The fraction of sp³-hybridized carbons (Fsp3) is 0.167. The minimum absolute atomic E-state index is 0.0282. The molecule has 1 heterocycles. The monoisotopic (exact) mass is 376 g/mol. The Balaban J connectivity index is 1.90. The lowest BCUT2D eigenvalue weighted by atomic mass is 10.1. The van der Waals surface area contributed by atoms with Crippen molar-refractivity contribution < 1.29 is 14.4 Å². The summed E-state index contributed by atoms with van der Waals surface area (Å²) in [5.41, 5.74) is 2.31. The van der Waals surface area contributed by atoms with E-state index in [4.69, 9.17) is 28.0 Å². The fourth-order valence-corrected chi connectivity index (χ4v) is 2.91. The first-order chi connectivity index (χ1) is 12.1. The van der Waals surface area contributed by atoms with E-state index in [1.165, 1.54) is 0 Å². The summed E-state index contributed by atoms with van der Waals surface area (Å²) >= 11 is 11.5. The van der Waals surface area contributed by atoms with E-state index in [2.05, 4.69) is 5.16 Å². The summed E-state index contributed by atoms with van der Waals surface area (Å²) in [7, 11) is 0. The topological polar surface area (TPSA) is 59.0 Å². The molecule has 25 heavy (non-hydrogen) atoms. The highest BCUT2D eigenvalue weighted by Gasteiger charge is 2.34. The predicted octanol–water partition coefficient (Wildman–Crippen LogP) is 3.76. The van der Waals surface area contributed by atoms with Gasteiger partial charge in [-0.3, -0.25) is 4.79 Å². The largest absolute Gasteiger partial charge is 0.336 e. The van der Waals surface area contributed by atoms with Gasteiger partial charge in [-0.25, -0.2) is 4.79 Å². The molecule has 2 aromatic rings. The van der Waals surface area contributed by atoms with Gasteiger partial charge in [0.1, 0.15) is 0 Å². The first-order valence-corrected chi connectivity index (χ1v) is 8.51. The molecule has 0 unspecified atom stereocenters. The van der Waals surface area contributed by atoms with Crippen molar-refractivity contribution in [2.45, 2.75) is 13.0 Å². The zero-order valence-corrected chi connectivity index (χ0v) is 14.6. The van der Waals surface area contributed by atoms with E-state index in [1.54, 1.807) is 29.2 Å². The third kappa shape index (κ3) is 3.83. The lowest BCUT2D eigenvalue weighted by Gasteiger charge is -2.16. The van der Waals surface area contributed by atoms with E-state index in [-0.39, 0.29) is 23.9 Å². The van der Waals surface area contributed by atoms with Crippen LogP contribution in [0.1, 0.15) is 17.5 Å². The number of carbonyl (C=O) groups is 2. The smallest absolute Gasteiger partial charge is 0.317 e. The number of oxime groups is 1. The maximum atomic E-state index is 12.8. The number of benzene rings is 2. The van der Waals surface area contributed by atoms with Gasteiger partial charge in [0.25, 0.3) is 5.91 Å². The van der Waals surface area contributed by atoms with Gasteiger partial charge in [-0.2, -0.15) is 0 Å². The maximum Gasteiger partial charge on any atom is 0.336 e. The number of anilines is 1. The molecule has 7 heteroatoms. The number of halogens is 2. The summed E-state index contributed by atoms with van der Waals surface area (Å²) in [5, 5.41) is 4.36. The van der Waals surface area contributed by atoms with Gasteiger partial charge in [0.2, 0.25) is 0 Å². The minimum atomic E-state index is -0.582. The molecule has 128 valence electrons. The Morgan fingerprint density at radius 2 is 1.96 bits per heavy atom. The van der Waals surface area contributed by atoms with Crippen LogP contribution < -0.4 is 4.90 Å². The maximum absolute atomic E-state index is 12.8. The molecule has 0 fully saturated rings. The van der Waals surface area contributed by atoms with Crippen LogP contribution in [0.4, 0.5) is 5.69 Å². The van der Waals surface area contributed by atoms with Gasteiger partial charge in [-0.15, -0.1) is 11.6 Å². The van der Waals surface area contributed by atoms with Crippen molar-refractivity contribution >= 4 is 46.5 Å². The molecule has 0 saturated heterocycles. The number of carbonyl (C=O) groups excluding carboxylic acids is 2. The molecule has 0 atom stereocenters. The number of hydrogen-bond donors (Lipinski definition) is 0. The van der Waals surface area contributed by atoms with Crippen molar-refractivity contribution in [1.82, 2.24) is 0 Å². The van der Waals surface area contributed by atoms with E-state index >= 15 is 0 Å². The Hall–Kier alpha value is -2.37. The fourth-order valence-electron chi connectivity index (χ4n) is 2.54. The van der Waals surface area contributed by atoms with Crippen molar-refractivity contribution in [2.24, 2.45) is 5.16 Å². The first-order valence-electron chi connectivity index (χ1n) is 7.59. The molecule has 0 radical (unpaired) electrons. The second kappa shape index (κ2) is 7.68. The predicted molar refractivity (Wildman–Crippen MR) is 97.1 cm³/mol. The molecule has 3 rings (SSSR count). The van der Waals surface area contributed by atoms with Crippen LogP contribution in [0.3, 0.4) is 0 Å². The number of amides is 1. The van der Waals surface area contributed by atoms with Gasteiger partial charge in [0.15, 0.2) is 5.71 Å². The third-order valence-electron chi connectivity index (χ3n) is 3.66. The molecule has 0 saturated carbocycles. The Bertz CT molecular complexity index is 852. The van der Waals surface area contributed by atoms with E-state index in [9.17, 15) is 9.59 Å². The summed E-state index contributed by atoms with van der Waals surface area (Å²) in [5.74, 6) is -0.782. The van der Waals surface area contributed by atoms with Gasteiger partial charge >= 0.3 is 5.97 Å². The Kier molecular flexibility index (Phi) is 5.36. The van der Waals surface area contributed by atoms with Crippen molar-refractivity contribution in [2.75, 3.05) is 10.8 Å². The summed E-state index contributed by atoms with van der Waals surface area (Å²) < 4.78 is 0. The zero-order valence-electron chi connectivity index (χ0n) is 13.1. The summed E-state index contributed by atoms with van der Waals surface area (Å²) in [6.45, 7) is 0.338. The minimum Gasteiger partial charge on any atom is -0.317 e. The number of nitrogens with zero attached hydrogens (tertiary/aromatic N) is 2. The third-order valence-corrected chi connectivity index (χ3v) is 4.09. The van der Waals surface area contributed by atoms with Crippen molar-refractivity contribution in [3.8, 4) is 0 Å². The van der Waals surface area contributed by atoms with Crippen LogP contribution in [0.15, 0.2) is 53.7 Å². The SMILES string of the molecule is O=C(CCCl)ON=C1C(=O)N(Cc2cccc(Cl)c2)c2ccccc21. The molecule has 0 spiro atoms. The molecule has 2 aromatic carbocycles. The van der Waals surface area contributed by atoms with Gasteiger partial charge in [0.05, 0.1) is 18.7 Å². The average molecular weight is 377 g/mol. The van der Waals surface area contributed by atoms with Crippen LogP contribution in [0.2, 0.25) is 5.02 Å². The van der Waals surface area contributed by atoms with Gasteiger partial charge in [-0.1, -0.05) is 47.1 Å². The van der Waals surface area contributed by atoms with Gasteiger partial charge in [0, 0.05) is 16.5 Å². The summed E-state index contributed by atoms with van der Waals surface area (Å²) in [6, 6.07) is 14.5. The zero-order chi connectivity index (χ0) is 17.8. The molecule has 5 nitrogen and oxygen atoms in total. The lowest BCUT2D eigenvalue weighted by Crippen LogP contribution is -2.29. The Labute approximate surface area is 154 Å². The van der Waals surface area contributed by atoms with Gasteiger partial charge < -0.3 is 9.74 Å². The number of fused-ring (bicyclic) bond motifs is 1. The number of hydrogen-bond acceptors (Lipinski definition) is 4. The van der Waals surface area contributed by atoms with Crippen LogP contribution in [0.25, 0.3) is 0 Å². The van der Waals surface area contributed by atoms with E-state index < -0.39 is 5.97 Å². The van der Waals surface area contributed by atoms with Crippen LogP contribution in [-0.4, -0.2) is 23.5 Å². The number of rotatable bonds is 5. The quantitative estimate of drug-likeness (QED) is 0.453. The van der Waals surface area contributed by atoms with E-state index in [1.807, 2.05) is 24.3 Å². The highest BCUT2D eigenvalue weighted by Crippen LogP contribution is 2.31. The molecule has 1 aliphatic rings. The van der Waals surface area contributed by atoms with E-state index in [0.717, 1.165) is 5.56 Å². The highest BCUT2D eigenvalue weighted by atomic mass is 35.5. The molecule has 1 amide bonds. The standard InChI is InChI=1S/C18H14Cl2N2O3/c19-9-8-16(23)25-21-17-14-6-1-2-7-15(14)22(18(17)24)11-12-4-3-5-13(20)10-12/h1-7,10H,8-9,11H2. The highest BCUT2D eigenvalue weighted by molar-refractivity contribution is 6.54. The molecule has 1 aliphatic heterocycles. The second-order valence-corrected chi connectivity index (χ2v) is 6.19. The molecule has 0 aliphatic carbocycles. The van der Waals surface area contributed by atoms with Gasteiger partial charge in [-0.05, 0) is 23.8 Å². The number of para-hydroxylation sites is 1. The van der Waals surface area contributed by atoms with Crippen molar-refractivity contribution in [3.63, 3.8) is 0 Å². The lowest BCUT2D eigenvalue weighted by molar-refractivity contribution is -0.143. The molecule has 0 aromatic heterocycles. The Morgan fingerprint density at radius 3 is 2.72 bits per heavy atom. The molecular formula is C18H14Cl2N2O3. The van der Waals surface area contributed by atoms with Crippen LogP contribution in [0.5, 0.6) is 0 Å². The normalized spacial score (nSPS) is 14.7. The van der Waals surface area contributed by atoms with Crippen molar-refractivity contribution in [3.05, 3.63) is 64.7 Å². The molecular weight excluding hydrogens is 363 g/mol. The molecule has 0 bridgehead atoms. The average Bonchev–Trinajstić information content (AvgIpc) is 2.85. The Morgan fingerprint density at radius 1 is 1.16 bits per heavy atom. The molecule has 0 N–H and O–H groups in total. The van der Waals surface area contributed by atoms with E-state index in [0.29, 0.717) is 22.8 Å². The van der Waals surface area contributed by atoms with Crippen LogP contribution >= 0.6 is 23.2 Å². The van der Waals surface area contributed by atoms with Crippen LogP contribution in [0, 0.1) is 0 Å². The van der Waals surface area contributed by atoms with Crippen molar-refractivity contribution in [1.29, 1.82) is 0 Å². The number of alkyl halides is 1. The summed E-state index contributed by atoms with van der Waals surface area (Å²) in [6.07, 6.45) is 0.0282. The summed E-state index contributed by atoms with van der Waals surface area (Å²) in [4.78, 5) is 30.6.